The van der Waals surface area contributed by atoms with E-state index in [1.165, 1.54) is 7.11 Å². The summed E-state index contributed by atoms with van der Waals surface area (Å²) >= 11 is 0. The zero-order chi connectivity index (χ0) is 23.1. The number of carbonyl (C=O) groups is 3. The molecule has 1 fully saturated rings. The lowest BCUT2D eigenvalue weighted by Crippen LogP contribution is -2.51. The van der Waals surface area contributed by atoms with Gasteiger partial charge in [-0.25, -0.2) is 0 Å². The van der Waals surface area contributed by atoms with Crippen LogP contribution in [0.4, 0.5) is 5.69 Å². The molecule has 0 radical (unpaired) electrons. The molecule has 0 saturated carbocycles. The SMILES string of the molecule is COc1cc(C=O)ccc1OCC(=O)N1CCN(CC(=O)Nc2c(C)cccc2C)CC1. The Morgan fingerprint density at radius 3 is 2.34 bits per heavy atom. The van der Waals surface area contributed by atoms with Crippen LogP contribution in [-0.4, -0.2) is 74.3 Å². The van der Waals surface area contributed by atoms with Crippen LogP contribution in [0, 0.1) is 13.8 Å². The number of benzene rings is 2. The number of aryl methyl sites for hydroxylation is 2. The average molecular weight is 440 g/mol. The molecule has 0 bridgehead atoms. The van der Waals surface area contributed by atoms with Crippen molar-refractivity contribution in [2.45, 2.75) is 13.8 Å². The second kappa shape index (κ2) is 10.8. The number of piperazine rings is 1. The average Bonchev–Trinajstić information content (AvgIpc) is 2.80. The molecule has 0 spiro atoms. The molecule has 0 atom stereocenters. The first kappa shape index (κ1) is 23.3. The van der Waals surface area contributed by atoms with Crippen molar-refractivity contribution >= 4 is 23.8 Å². The highest BCUT2D eigenvalue weighted by molar-refractivity contribution is 5.93. The Kier molecular flexibility index (Phi) is 7.83. The minimum atomic E-state index is -0.133. The summed E-state index contributed by atoms with van der Waals surface area (Å²) in [5, 5.41) is 3.00. The first-order chi connectivity index (χ1) is 15.4. The molecular formula is C24H29N3O5. The fourth-order valence-corrected chi connectivity index (χ4v) is 3.66. The van der Waals surface area contributed by atoms with E-state index in [-0.39, 0.29) is 25.0 Å². The van der Waals surface area contributed by atoms with Crippen LogP contribution >= 0.6 is 0 Å². The highest BCUT2D eigenvalue weighted by atomic mass is 16.5. The van der Waals surface area contributed by atoms with Gasteiger partial charge >= 0.3 is 0 Å². The third kappa shape index (κ3) is 5.85. The Morgan fingerprint density at radius 1 is 1.03 bits per heavy atom. The van der Waals surface area contributed by atoms with Gasteiger partial charge in [-0.2, -0.15) is 0 Å². The number of nitrogens with one attached hydrogen (secondary N) is 1. The van der Waals surface area contributed by atoms with Crippen molar-refractivity contribution in [3.05, 3.63) is 53.1 Å². The molecule has 0 aliphatic carbocycles. The van der Waals surface area contributed by atoms with Crippen molar-refractivity contribution in [2.75, 3.05) is 51.8 Å². The molecular weight excluding hydrogens is 410 g/mol. The van der Waals surface area contributed by atoms with E-state index in [0.29, 0.717) is 43.2 Å². The maximum atomic E-state index is 12.5. The number of hydrogen-bond donors (Lipinski definition) is 1. The van der Waals surface area contributed by atoms with E-state index in [2.05, 4.69) is 5.32 Å². The number of nitrogens with zero attached hydrogens (tertiary/aromatic N) is 2. The highest BCUT2D eigenvalue weighted by Gasteiger charge is 2.23. The second-order valence-electron chi connectivity index (χ2n) is 7.79. The molecule has 1 heterocycles. The third-order valence-electron chi connectivity index (χ3n) is 5.51. The van der Waals surface area contributed by atoms with Gasteiger partial charge in [-0.3, -0.25) is 19.3 Å². The first-order valence-electron chi connectivity index (χ1n) is 10.5. The van der Waals surface area contributed by atoms with Gasteiger partial charge in [0.15, 0.2) is 18.1 Å². The van der Waals surface area contributed by atoms with Crippen LogP contribution in [0.2, 0.25) is 0 Å². The molecule has 1 aliphatic rings. The Bertz CT molecular complexity index is 963. The summed E-state index contributed by atoms with van der Waals surface area (Å²) in [7, 11) is 1.48. The molecule has 8 nitrogen and oxygen atoms in total. The molecule has 3 rings (SSSR count). The topological polar surface area (TPSA) is 88.2 Å². The molecule has 8 heteroatoms. The molecule has 1 aliphatic heterocycles. The Morgan fingerprint density at radius 2 is 1.72 bits per heavy atom. The zero-order valence-corrected chi connectivity index (χ0v) is 18.7. The van der Waals surface area contributed by atoms with E-state index in [4.69, 9.17) is 9.47 Å². The number of hydrogen-bond acceptors (Lipinski definition) is 6. The van der Waals surface area contributed by atoms with Gasteiger partial charge in [-0.15, -0.1) is 0 Å². The number of anilines is 1. The number of aldehydes is 1. The smallest absolute Gasteiger partial charge is 0.260 e. The maximum Gasteiger partial charge on any atom is 0.260 e. The lowest BCUT2D eigenvalue weighted by molar-refractivity contribution is -0.135. The van der Waals surface area contributed by atoms with Crippen LogP contribution in [0.15, 0.2) is 36.4 Å². The Labute approximate surface area is 188 Å². The predicted octanol–water partition coefficient (Wildman–Crippen LogP) is 2.29. The van der Waals surface area contributed by atoms with E-state index in [1.807, 2.05) is 36.9 Å². The van der Waals surface area contributed by atoms with Crippen molar-refractivity contribution in [1.29, 1.82) is 0 Å². The fourth-order valence-electron chi connectivity index (χ4n) is 3.66. The monoisotopic (exact) mass is 439 g/mol. The number of methoxy groups -OCH3 is 1. The fraction of sp³-hybridized carbons (Fsp3) is 0.375. The van der Waals surface area contributed by atoms with Crippen LogP contribution in [0.25, 0.3) is 0 Å². The minimum Gasteiger partial charge on any atom is -0.493 e. The quantitative estimate of drug-likeness (QED) is 0.635. The Hall–Kier alpha value is -3.39. The minimum absolute atomic E-state index is 0.0589. The molecule has 1 saturated heterocycles. The molecule has 0 unspecified atom stereocenters. The molecule has 32 heavy (non-hydrogen) atoms. The standard InChI is InChI=1S/C24H29N3O5/c1-17-5-4-6-18(2)24(17)25-22(29)14-26-9-11-27(12-10-26)23(30)16-32-20-8-7-19(15-28)13-21(20)31-3/h4-8,13,15H,9-12,14,16H2,1-3H3,(H,25,29). The van der Waals surface area contributed by atoms with Crippen LogP contribution in [0.1, 0.15) is 21.5 Å². The summed E-state index contributed by atoms with van der Waals surface area (Å²) in [5.74, 6) is 0.623. The summed E-state index contributed by atoms with van der Waals surface area (Å²) in [6.07, 6.45) is 0.722. The normalized spacial score (nSPS) is 14.0. The lowest BCUT2D eigenvalue weighted by atomic mass is 10.1. The predicted molar refractivity (Wildman–Crippen MR) is 121 cm³/mol. The zero-order valence-electron chi connectivity index (χ0n) is 18.7. The van der Waals surface area contributed by atoms with E-state index in [1.54, 1.807) is 23.1 Å². The number of para-hydroxylation sites is 1. The van der Waals surface area contributed by atoms with Crippen molar-refractivity contribution < 1.29 is 23.9 Å². The second-order valence-corrected chi connectivity index (χ2v) is 7.79. The molecule has 1 N–H and O–H groups in total. The van der Waals surface area contributed by atoms with Gasteiger partial charge in [0.2, 0.25) is 5.91 Å². The van der Waals surface area contributed by atoms with Gasteiger partial charge in [-0.05, 0) is 43.2 Å². The highest BCUT2D eigenvalue weighted by Crippen LogP contribution is 2.27. The van der Waals surface area contributed by atoms with E-state index in [0.717, 1.165) is 23.1 Å². The van der Waals surface area contributed by atoms with Gasteiger partial charge in [0.05, 0.1) is 13.7 Å². The third-order valence-corrected chi connectivity index (χ3v) is 5.51. The molecule has 2 amide bonds. The van der Waals surface area contributed by atoms with Crippen molar-refractivity contribution in [3.63, 3.8) is 0 Å². The van der Waals surface area contributed by atoms with E-state index >= 15 is 0 Å². The molecule has 170 valence electrons. The number of carbonyl (C=O) groups excluding carboxylic acids is 3. The number of rotatable bonds is 8. The van der Waals surface area contributed by atoms with Crippen LogP contribution < -0.4 is 14.8 Å². The molecule has 2 aromatic carbocycles. The van der Waals surface area contributed by atoms with E-state index in [9.17, 15) is 14.4 Å². The van der Waals surface area contributed by atoms with Crippen molar-refractivity contribution in [3.8, 4) is 11.5 Å². The largest absolute Gasteiger partial charge is 0.493 e. The van der Waals surface area contributed by atoms with Gasteiger partial charge in [-0.1, -0.05) is 18.2 Å². The lowest BCUT2D eigenvalue weighted by Gasteiger charge is -2.34. The number of ether oxygens (including phenoxy) is 2. The Balaban J connectivity index is 1.45. The molecule has 2 aromatic rings. The maximum absolute atomic E-state index is 12.5. The van der Waals surface area contributed by atoms with Gasteiger partial charge in [0.1, 0.15) is 6.29 Å². The van der Waals surface area contributed by atoms with Crippen LogP contribution in [0.5, 0.6) is 11.5 Å². The molecule has 0 aromatic heterocycles. The summed E-state index contributed by atoms with van der Waals surface area (Å²) in [6.45, 7) is 6.39. The summed E-state index contributed by atoms with van der Waals surface area (Å²) < 4.78 is 10.8. The van der Waals surface area contributed by atoms with Gasteiger partial charge in [0.25, 0.3) is 5.91 Å². The van der Waals surface area contributed by atoms with Crippen LogP contribution in [0.3, 0.4) is 0 Å². The summed E-state index contributed by atoms with van der Waals surface area (Å²) in [5.41, 5.74) is 3.40. The van der Waals surface area contributed by atoms with Crippen molar-refractivity contribution in [2.24, 2.45) is 0 Å². The van der Waals surface area contributed by atoms with Gasteiger partial charge < -0.3 is 19.7 Å². The number of amides is 2. The van der Waals surface area contributed by atoms with E-state index < -0.39 is 0 Å². The summed E-state index contributed by atoms with van der Waals surface area (Å²) in [6, 6.07) is 10.7. The van der Waals surface area contributed by atoms with Gasteiger partial charge in [0, 0.05) is 37.4 Å². The first-order valence-corrected chi connectivity index (χ1v) is 10.5. The summed E-state index contributed by atoms with van der Waals surface area (Å²) in [4.78, 5) is 39.7. The van der Waals surface area contributed by atoms with Crippen molar-refractivity contribution in [1.82, 2.24) is 9.80 Å². The van der Waals surface area contributed by atoms with Crippen LogP contribution in [-0.2, 0) is 9.59 Å².